The molecule has 2 aromatic heterocycles. The predicted molar refractivity (Wildman–Crippen MR) is 119 cm³/mol. The van der Waals surface area contributed by atoms with Crippen LogP contribution in [0.1, 0.15) is 32.0 Å². The summed E-state index contributed by atoms with van der Waals surface area (Å²) in [6.45, 7) is 5.59. The predicted octanol–water partition coefficient (Wildman–Crippen LogP) is 4.17. The van der Waals surface area contributed by atoms with Gasteiger partial charge in [0.25, 0.3) is 0 Å². The standard InChI is InChI=1S/C22H21F3N6O3/c1-21(2,3)34-20(32)28-11-17-18-15(16-10-26-12-29-16)8-9-27-19(18)31(30-17)13-4-6-14(7-5-13)33-22(23,24)25/h4-10H,11-12H2,1-3H3,(H,28,32). The van der Waals surface area contributed by atoms with E-state index >= 15 is 0 Å². The van der Waals surface area contributed by atoms with Gasteiger partial charge in [-0.25, -0.2) is 14.5 Å². The van der Waals surface area contributed by atoms with Crippen molar-refractivity contribution in [3.8, 4) is 11.4 Å². The van der Waals surface area contributed by atoms with Gasteiger partial charge < -0.3 is 14.8 Å². The molecule has 0 saturated heterocycles. The van der Waals surface area contributed by atoms with Crippen LogP contribution >= 0.6 is 0 Å². The van der Waals surface area contributed by atoms with E-state index in [1.54, 1.807) is 39.2 Å². The molecule has 4 rings (SSSR count). The number of amides is 1. The molecule has 0 atom stereocenters. The Labute approximate surface area is 192 Å². The lowest BCUT2D eigenvalue weighted by Gasteiger charge is -2.19. The van der Waals surface area contributed by atoms with Crippen molar-refractivity contribution in [3.63, 3.8) is 0 Å². The van der Waals surface area contributed by atoms with Gasteiger partial charge in [-0.1, -0.05) is 0 Å². The number of carbonyl (C=O) groups is 1. The van der Waals surface area contributed by atoms with E-state index in [1.807, 2.05) is 0 Å². The molecule has 3 heterocycles. The second-order valence-electron chi connectivity index (χ2n) is 8.31. The molecular weight excluding hydrogens is 453 g/mol. The lowest BCUT2D eigenvalue weighted by molar-refractivity contribution is -0.274. The number of ether oxygens (including phenoxy) is 2. The van der Waals surface area contributed by atoms with Crippen LogP contribution in [0.3, 0.4) is 0 Å². The molecule has 1 aliphatic heterocycles. The summed E-state index contributed by atoms with van der Waals surface area (Å²) in [4.78, 5) is 25.1. The van der Waals surface area contributed by atoms with Gasteiger partial charge in [-0.15, -0.1) is 13.2 Å². The highest BCUT2D eigenvalue weighted by Gasteiger charge is 2.31. The summed E-state index contributed by atoms with van der Waals surface area (Å²) in [5.41, 5.74) is 2.05. The summed E-state index contributed by atoms with van der Waals surface area (Å²) < 4.78 is 48.2. The first-order valence-electron chi connectivity index (χ1n) is 10.2. The second kappa shape index (κ2) is 8.76. The molecule has 0 spiro atoms. The fraction of sp³-hybridized carbons (Fsp3) is 0.318. The molecule has 178 valence electrons. The van der Waals surface area contributed by atoms with Crippen molar-refractivity contribution in [3.05, 3.63) is 47.8 Å². The summed E-state index contributed by atoms with van der Waals surface area (Å²) >= 11 is 0. The number of carbonyl (C=O) groups excluding carboxylic acids is 1. The third-order valence-electron chi connectivity index (χ3n) is 4.57. The number of aromatic nitrogens is 3. The minimum atomic E-state index is -4.79. The van der Waals surface area contributed by atoms with Gasteiger partial charge in [0.15, 0.2) is 5.65 Å². The highest BCUT2D eigenvalue weighted by Crippen LogP contribution is 2.28. The number of pyridine rings is 1. The first-order chi connectivity index (χ1) is 16.0. The van der Waals surface area contributed by atoms with Gasteiger partial charge in [-0.3, -0.25) is 9.98 Å². The number of benzene rings is 1. The number of rotatable bonds is 5. The van der Waals surface area contributed by atoms with E-state index in [0.29, 0.717) is 34.8 Å². The first kappa shape index (κ1) is 23.2. The molecule has 1 aromatic carbocycles. The summed E-state index contributed by atoms with van der Waals surface area (Å²) in [6, 6.07) is 7.00. The summed E-state index contributed by atoms with van der Waals surface area (Å²) in [5, 5.41) is 7.89. The van der Waals surface area contributed by atoms with Crippen LogP contribution in [0, 0.1) is 0 Å². The molecule has 9 nitrogen and oxygen atoms in total. The normalized spacial score (nSPS) is 13.8. The molecule has 1 aliphatic rings. The van der Waals surface area contributed by atoms with Crippen LogP contribution in [0.15, 0.2) is 46.5 Å². The lowest BCUT2D eigenvalue weighted by atomic mass is 10.1. The molecular formula is C22H21F3N6O3. The van der Waals surface area contributed by atoms with Crippen LogP contribution < -0.4 is 10.1 Å². The van der Waals surface area contributed by atoms with E-state index < -0.39 is 18.1 Å². The Morgan fingerprint density at radius 2 is 1.88 bits per heavy atom. The van der Waals surface area contributed by atoms with Crippen molar-refractivity contribution < 1.29 is 27.4 Å². The Balaban J connectivity index is 1.74. The second-order valence-corrected chi connectivity index (χ2v) is 8.31. The first-order valence-corrected chi connectivity index (χ1v) is 10.2. The zero-order valence-electron chi connectivity index (χ0n) is 18.6. The minimum Gasteiger partial charge on any atom is -0.444 e. The highest BCUT2D eigenvalue weighted by atomic mass is 19.4. The topological polar surface area (TPSA) is 103 Å². The fourth-order valence-electron chi connectivity index (χ4n) is 3.33. The Bertz CT molecular complexity index is 1270. The third kappa shape index (κ3) is 5.33. The van der Waals surface area contributed by atoms with Crippen LogP contribution in [0.5, 0.6) is 5.75 Å². The zero-order valence-corrected chi connectivity index (χ0v) is 18.6. The number of nitrogens with zero attached hydrogens (tertiary/aromatic N) is 5. The fourth-order valence-corrected chi connectivity index (χ4v) is 3.33. The van der Waals surface area contributed by atoms with E-state index in [0.717, 1.165) is 5.56 Å². The average Bonchev–Trinajstić information content (AvgIpc) is 3.39. The van der Waals surface area contributed by atoms with Crippen molar-refractivity contribution in [1.29, 1.82) is 0 Å². The maximum Gasteiger partial charge on any atom is 0.573 e. The Kier molecular flexibility index (Phi) is 5.98. The summed E-state index contributed by atoms with van der Waals surface area (Å²) in [5.74, 6) is -0.357. The van der Waals surface area contributed by atoms with Crippen molar-refractivity contribution in [1.82, 2.24) is 20.1 Å². The molecule has 0 bridgehead atoms. The van der Waals surface area contributed by atoms with Crippen molar-refractivity contribution in [2.75, 3.05) is 6.67 Å². The third-order valence-corrected chi connectivity index (χ3v) is 4.57. The van der Waals surface area contributed by atoms with Crippen molar-refractivity contribution in [2.24, 2.45) is 9.98 Å². The molecule has 0 unspecified atom stereocenters. The number of hydrogen-bond acceptors (Lipinski definition) is 7. The van der Waals surface area contributed by atoms with Crippen molar-refractivity contribution in [2.45, 2.75) is 39.3 Å². The quantitative estimate of drug-likeness (QED) is 0.598. The number of hydrogen-bond donors (Lipinski definition) is 1. The van der Waals surface area contributed by atoms with Crippen LogP contribution in [0.25, 0.3) is 16.7 Å². The molecule has 34 heavy (non-hydrogen) atoms. The molecule has 1 N–H and O–H groups in total. The smallest absolute Gasteiger partial charge is 0.444 e. The maximum atomic E-state index is 12.5. The van der Waals surface area contributed by atoms with Crippen LogP contribution in [-0.4, -0.2) is 51.4 Å². The Hall–Kier alpha value is -3.96. The number of alkyl halides is 3. The van der Waals surface area contributed by atoms with Crippen LogP contribution in [0.4, 0.5) is 18.0 Å². The number of fused-ring (bicyclic) bond motifs is 1. The van der Waals surface area contributed by atoms with E-state index in [9.17, 15) is 18.0 Å². The van der Waals surface area contributed by atoms with Gasteiger partial charge in [-0.2, -0.15) is 5.10 Å². The molecule has 0 fully saturated rings. The van der Waals surface area contributed by atoms with Gasteiger partial charge in [0, 0.05) is 18.0 Å². The molecule has 1 amide bonds. The largest absolute Gasteiger partial charge is 0.573 e. The lowest BCUT2D eigenvalue weighted by Crippen LogP contribution is -2.32. The highest BCUT2D eigenvalue weighted by molar-refractivity contribution is 6.41. The monoisotopic (exact) mass is 474 g/mol. The minimum absolute atomic E-state index is 0.0246. The SMILES string of the molecule is CC(C)(C)OC(=O)NCc1nn(-c2ccc(OC(F)(F)F)cc2)c2nccc(C3=NCN=C3)c12. The summed E-state index contributed by atoms with van der Waals surface area (Å²) in [6.07, 6.45) is -2.19. The van der Waals surface area contributed by atoms with Crippen molar-refractivity contribution >= 4 is 29.1 Å². The van der Waals surface area contributed by atoms with Gasteiger partial charge in [0.2, 0.25) is 0 Å². The van der Waals surface area contributed by atoms with Gasteiger partial charge in [0.05, 0.1) is 29.0 Å². The Morgan fingerprint density at radius 3 is 2.50 bits per heavy atom. The van der Waals surface area contributed by atoms with E-state index in [1.165, 1.54) is 28.9 Å². The number of alkyl carbamates (subject to hydrolysis) is 1. The van der Waals surface area contributed by atoms with Gasteiger partial charge in [-0.05, 0) is 51.1 Å². The molecule has 0 radical (unpaired) electrons. The van der Waals surface area contributed by atoms with Crippen LogP contribution in [-0.2, 0) is 11.3 Å². The van der Waals surface area contributed by atoms with Gasteiger partial charge >= 0.3 is 12.5 Å². The molecule has 12 heteroatoms. The molecule has 0 saturated carbocycles. The molecule has 3 aromatic rings. The molecule has 0 aliphatic carbocycles. The number of aliphatic imine (C=N–C) groups is 2. The number of halogens is 3. The zero-order chi connectivity index (χ0) is 24.5. The van der Waals surface area contributed by atoms with E-state index in [4.69, 9.17) is 4.74 Å². The summed E-state index contributed by atoms with van der Waals surface area (Å²) in [7, 11) is 0. The van der Waals surface area contributed by atoms with Crippen LogP contribution in [0.2, 0.25) is 0 Å². The Morgan fingerprint density at radius 1 is 1.15 bits per heavy atom. The maximum absolute atomic E-state index is 12.5. The van der Waals surface area contributed by atoms with E-state index in [-0.39, 0.29) is 12.3 Å². The van der Waals surface area contributed by atoms with Gasteiger partial charge in [0.1, 0.15) is 18.0 Å². The van der Waals surface area contributed by atoms with E-state index in [2.05, 4.69) is 30.1 Å². The number of nitrogens with one attached hydrogen (secondary N) is 1. The average molecular weight is 474 g/mol.